The zero-order valence-electron chi connectivity index (χ0n) is 10.1. The van der Waals surface area contributed by atoms with Crippen LogP contribution in [0.4, 0.5) is 8.78 Å². The molecule has 0 radical (unpaired) electrons. The Morgan fingerprint density at radius 3 is 2.06 bits per heavy atom. The quantitative estimate of drug-likeness (QED) is 0.580. The third kappa shape index (κ3) is 3.25. The van der Waals surface area contributed by atoms with Crippen LogP contribution in [0.25, 0.3) is 0 Å². The molecule has 0 aliphatic rings. The topological polar surface area (TPSA) is 17.1 Å². The SMILES string of the molecule is CCC(C)(C)c1ccc(C(=O)C(F)(F)Cl)cc1. The Balaban J connectivity index is 3.01. The van der Waals surface area contributed by atoms with Crippen molar-refractivity contribution in [1.82, 2.24) is 0 Å². The van der Waals surface area contributed by atoms with Crippen molar-refractivity contribution < 1.29 is 13.6 Å². The molecule has 0 amide bonds. The first-order valence-corrected chi connectivity index (χ1v) is 5.78. The Morgan fingerprint density at radius 1 is 1.24 bits per heavy atom. The van der Waals surface area contributed by atoms with Gasteiger partial charge >= 0.3 is 5.38 Å². The zero-order chi connectivity index (χ0) is 13.3. The van der Waals surface area contributed by atoms with Gasteiger partial charge in [0, 0.05) is 5.56 Å². The van der Waals surface area contributed by atoms with E-state index in [4.69, 9.17) is 11.6 Å². The van der Waals surface area contributed by atoms with Gasteiger partial charge in [0.2, 0.25) is 5.78 Å². The van der Waals surface area contributed by atoms with E-state index in [-0.39, 0.29) is 11.0 Å². The predicted octanol–water partition coefficient (Wildman–Crippen LogP) is 4.39. The molecule has 0 fully saturated rings. The third-order valence-corrected chi connectivity index (χ3v) is 3.24. The molecule has 0 N–H and O–H groups in total. The van der Waals surface area contributed by atoms with E-state index in [0.29, 0.717) is 0 Å². The molecule has 17 heavy (non-hydrogen) atoms. The second-order valence-corrected chi connectivity index (χ2v) is 5.12. The monoisotopic (exact) mass is 260 g/mol. The minimum absolute atomic E-state index is 0.0366. The summed E-state index contributed by atoms with van der Waals surface area (Å²) in [6, 6.07) is 6.18. The van der Waals surface area contributed by atoms with E-state index in [2.05, 4.69) is 13.8 Å². The molecule has 0 atom stereocenters. The van der Waals surface area contributed by atoms with Gasteiger partial charge in [-0.1, -0.05) is 45.0 Å². The highest BCUT2D eigenvalue weighted by molar-refractivity contribution is 6.35. The average Bonchev–Trinajstić information content (AvgIpc) is 2.27. The highest BCUT2D eigenvalue weighted by Crippen LogP contribution is 2.29. The molecule has 0 aliphatic heterocycles. The van der Waals surface area contributed by atoms with Gasteiger partial charge in [-0.3, -0.25) is 4.79 Å². The smallest absolute Gasteiger partial charge is 0.286 e. The molecule has 0 aliphatic carbocycles. The van der Waals surface area contributed by atoms with E-state index in [1.165, 1.54) is 12.1 Å². The van der Waals surface area contributed by atoms with Crippen LogP contribution in [-0.2, 0) is 5.41 Å². The number of halogens is 3. The molecule has 0 spiro atoms. The number of benzene rings is 1. The van der Waals surface area contributed by atoms with Crippen LogP contribution >= 0.6 is 11.6 Å². The summed E-state index contributed by atoms with van der Waals surface area (Å²) < 4.78 is 25.2. The van der Waals surface area contributed by atoms with Crippen LogP contribution in [0.5, 0.6) is 0 Å². The second-order valence-electron chi connectivity index (χ2n) is 4.64. The van der Waals surface area contributed by atoms with Crippen molar-refractivity contribution in [2.75, 3.05) is 0 Å². The van der Waals surface area contributed by atoms with Crippen molar-refractivity contribution in [2.24, 2.45) is 0 Å². The van der Waals surface area contributed by atoms with Crippen LogP contribution in [0.1, 0.15) is 43.1 Å². The van der Waals surface area contributed by atoms with E-state index < -0.39 is 11.2 Å². The summed E-state index contributed by atoms with van der Waals surface area (Å²) in [5.74, 6) is -1.36. The second kappa shape index (κ2) is 4.73. The molecular weight excluding hydrogens is 246 g/mol. The van der Waals surface area contributed by atoms with Crippen LogP contribution in [0.3, 0.4) is 0 Å². The van der Waals surface area contributed by atoms with Gasteiger partial charge in [-0.25, -0.2) is 0 Å². The molecule has 4 heteroatoms. The minimum atomic E-state index is -3.83. The largest absolute Gasteiger partial charge is 0.384 e. The van der Waals surface area contributed by atoms with Crippen LogP contribution in [0.15, 0.2) is 24.3 Å². The van der Waals surface area contributed by atoms with E-state index >= 15 is 0 Å². The van der Waals surface area contributed by atoms with E-state index in [1.54, 1.807) is 12.1 Å². The van der Waals surface area contributed by atoms with Crippen LogP contribution in [-0.4, -0.2) is 11.2 Å². The van der Waals surface area contributed by atoms with Gasteiger partial charge in [0.1, 0.15) is 0 Å². The van der Waals surface area contributed by atoms with Gasteiger partial charge in [-0.05, 0) is 29.0 Å². The fourth-order valence-corrected chi connectivity index (χ4v) is 1.55. The van der Waals surface area contributed by atoms with Crippen molar-refractivity contribution in [3.8, 4) is 0 Å². The lowest BCUT2D eigenvalue weighted by Crippen LogP contribution is -2.22. The molecule has 0 aromatic heterocycles. The molecule has 1 aromatic carbocycles. The Bertz CT molecular complexity index is 404. The molecule has 0 saturated carbocycles. The van der Waals surface area contributed by atoms with Gasteiger partial charge in [-0.15, -0.1) is 0 Å². The minimum Gasteiger partial charge on any atom is -0.286 e. The summed E-state index contributed by atoms with van der Waals surface area (Å²) in [5, 5.41) is -3.83. The molecule has 0 saturated heterocycles. The molecule has 1 rings (SSSR count). The Hall–Kier alpha value is -0.960. The number of hydrogen-bond donors (Lipinski definition) is 0. The molecule has 94 valence electrons. The lowest BCUT2D eigenvalue weighted by Gasteiger charge is -2.23. The number of alkyl halides is 3. The standard InChI is InChI=1S/C13H15ClF2O/c1-4-12(2,3)10-7-5-9(6-8-10)11(17)13(14,15)16/h5-8H,4H2,1-3H3. The molecule has 0 heterocycles. The van der Waals surface area contributed by atoms with Crippen molar-refractivity contribution in [3.05, 3.63) is 35.4 Å². The van der Waals surface area contributed by atoms with Gasteiger partial charge in [-0.2, -0.15) is 8.78 Å². The van der Waals surface area contributed by atoms with Crippen LogP contribution in [0.2, 0.25) is 0 Å². The number of rotatable bonds is 4. The summed E-state index contributed by atoms with van der Waals surface area (Å²) in [4.78, 5) is 11.2. The van der Waals surface area contributed by atoms with Crippen molar-refractivity contribution in [1.29, 1.82) is 0 Å². The Kier molecular flexibility index (Phi) is 3.92. The Morgan fingerprint density at radius 2 is 1.71 bits per heavy atom. The zero-order valence-corrected chi connectivity index (χ0v) is 10.8. The Labute approximate surface area is 105 Å². The summed E-state index contributed by atoms with van der Waals surface area (Å²) in [5.41, 5.74) is 0.903. The van der Waals surface area contributed by atoms with E-state index in [9.17, 15) is 13.6 Å². The average molecular weight is 261 g/mol. The number of ketones is 1. The van der Waals surface area contributed by atoms with Crippen LogP contribution < -0.4 is 0 Å². The molecule has 1 nitrogen and oxygen atoms in total. The summed E-state index contributed by atoms with van der Waals surface area (Å²) >= 11 is 4.69. The van der Waals surface area contributed by atoms with Gasteiger partial charge < -0.3 is 0 Å². The van der Waals surface area contributed by atoms with Gasteiger partial charge in [0.05, 0.1) is 0 Å². The molecule has 0 bridgehead atoms. The van der Waals surface area contributed by atoms with Crippen LogP contribution in [0, 0.1) is 0 Å². The highest BCUT2D eigenvalue weighted by Gasteiger charge is 2.36. The maximum atomic E-state index is 12.6. The number of Topliss-reactive ketones (excluding diaryl/α,β-unsaturated/α-hetero) is 1. The summed E-state index contributed by atoms with van der Waals surface area (Å²) in [6.45, 7) is 6.16. The normalized spacial score (nSPS) is 12.6. The first-order chi connectivity index (χ1) is 7.68. The van der Waals surface area contributed by atoms with Gasteiger partial charge in [0.15, 0.2) is 0 Å². The fraction of sp³-hybridized carbons (Fsp3) is 0.462. The molecule has 1 aromatic rings. The maximum absolute atomic E-state index is 12.6. The number of carbonyl (C=O) groups excluding carboxylic acids is 1. The number of hydrogen-bond acceptors (Lipinski definition) is 1. The third-order valence-electron chi connectivity index (χ3n) is 3.07. The molecule has 0 unspecified atom stereocenters. The van der Waals surface area contributed by atoms with Crippen molar-refractivity contribution >= 4 is 17.4 Å². The van der Waals surface area contributed by atoms with Crippen molar-refractivity contribution in [2.45, 2.75) is 38.0 Å². The first kappa shape index (κ1) is 14.1. The first-order valence-electron chi connectivity index (χ1n) is 5.40. The lowest BCUT2D eigenvalue weighted by molar-refractivity contribution is 0.0536. The van der Waals surface area contributed by atoms with Gasteiger partial charge in [0.25, 0.3) is 0 Å². The van der Waals surface area contributed by atoms with E-state index in [1.807, 2.05) is 6.92 Å². The highest BCUT2D eigenvalue weighted by atomic mass is 35.5. The number of carbonyl (C=O) groups is 1. The predicted molar refractivity (Wildman–Crippen MR) is 64.9 cm³/mol. The summed E-state index contributed by atoms with van der Waals surface area (Å²) in [7, 11) is 0. The summed E-state index contributed by atoms with van der Waals surface area (Å²) in [6.07, 6.45) is 0.923. The van der Waals surface area contributed by atoms with E-state index in [0.717, 1.165) is 12.0 Å². The van der Waals surface area contributed by atoms with Crippen molar-refractivity contribution in [3.63, 3.8) is 0 Å². The molecular formula is C13H15ClF2O. The maximum Gasteiger partial charge on any atom is 0.384 e. The lowest BCUT2D eigenvalue weighted by atomic mass is 9.82. The fourth-order valence-electron chi connectivity index (χ4n) is 1.44.